The lowest BCUT2D eigenvalue weighted by Crippen LogP contribution is -2.54. The highest BCUT2D eigenvalue weighted by Crippen LogP contribution is 2.29. The average Bonchev–Trinajstić information content (AvgIpc) is 2.79. The van der Waals surface area contributed by atoms with Gasteiger partial charge in [-0.15, -0.1) is 0 Å². The number of carbonyl (C=O) groups is 2. The Morgan fingerprint density at radius 3 is 2.75 bits per heavy atom. The SMILES string of the molecule is C[C@H]1CN(c2ccc(C#N)cn2)CCN1C(=O)CCC1=NC(=O)C2C(=N1)C=CC(F)=C2F. The molecule has 2 atom stereocenters. The topological polar surface area (TPSA) is 102 Å². The molecule has 10 heteroatoms. The number of nitriles is 1. The Labute approximate surface area is 183 Å². The molecule has 1 aromatic rings. The molecule has 32 heavy (non-hydrogen) atoms. The van der Waals surface area contributed by atoms with E-state index in [1.165, 1.54) is 12.3 Å². The summed E-state index contributed by atoms with van der Waals surface area (Å²) in [5, 5.41) is 8.90. The summed E-state index contributed by atoms with van der Waals surface area (Å²) in [6.45, 7) is 3.63. The van der Waals surface area contributed by atoms with Crippen LogP contribution in [0.15, 0.2) is 52.1 Å². The number of allylic oxidation sites excluding steroid dienone is 3. The molecule has 1 fully saturated rings. The molecule has 0 saturated carbocycles. The smallest absolute Gasteiger partial charge is 0.263 e. The molecule has 0 aromatic carbocycles. The number of pyridine rings is 1. The third-order valence-electron chi connectivity index (χ3n) is 5.63. The normalized spacial score (nSPS) is 22.9. The van der Waals surface area contributed by atoms with E-state index in [4.69, 9.17) is 5.26 Å². The lowest BCUT2D eigenvalue weighted by Gasteiger charge is -2.40. The van der Waals surface area contributed by atoms with Gasteiger partial charge in [-0.1, -0.05) is 0 Å². The monoisotopic (exact) mass is 438 g/mol. The second kappa shape index (κ2) is 8.78. The Kier molecular flexibility index (Phi) is 5.90. The number of nitrogens with zero attached hydrogens (tertiary/aromatic N) is 6. The van der Waals surface area contributed by atoms with Gasteiger partial charge in [-0.25, -0.2) is 18.8 Å². The fourth-order valence-corrected chi connectivity index (χ4v) is 3.95. The van der Waals surface area contributed by atoms with Crippen molar-refractivity contribution in [2.24, 2.45) is 15.9 Å². The van der Waals surface area contributed by atoms with Gasteiger partial charge in [0, 0.05) is 44.7 Å². The van der Waals surface area contributed by atoms with E-state index >= 15 is 0 Å². The van der Waals surface area contributed by atoms with Gasteiger partial charge in [-0.05, 0) is 31.2 Å². The van der Waals surface area contributed by atoms with Crippen LogP contribution in [0, 0.1) is 17.2 Å². The molecule has 2 aliphatic heterocycles. The molecule has 0 bridgehead atoms. The molecule has 164 valence electrons. The Bertz CT molecular complexity index is 1120. The third-order valence-corrected chi connectivity index (χ3v) is 5.63. The quantitative estimate of drug-likeness (QED) is 0.719. The van der Waals surface area contributed by atoms with Crippen LogP contribution in [0.3, 0.4) is 0 Å². The number of anilines is 1. The molecule has 3 aliphatic rings. The number of hydrogen-bond acceptors (Lipinski definition) is 6. The minimum atomic E-state index is -1.43. The number of aliphatic imine (C=N–C) groups is 2. The maximum atomic E-state index is 13.9. The van der Waals surface area contributed by atoms with Crippen LogP contribution >= 0.6 is 0 Å². The van der Waals surface area contributed by atoms with E-state index in [2.05, 4.69) is 19.9 Å². The van der Waals surface area contributed by atoms with Gasteiger partial charge in [0.2, 0.25) is 5.91 Å². The minimum absolute atomic E-state index is 0.0669. The fourth-order valence-electron chi connectivity index (χ4n) is 3.95. The summed E-state index contributed by atoms with van der Waals surface area (Å²) in [5.41, 5.74) is 0.588. The van der Waals surface area contributed by atoms with Gasteiger partial charge in [-0.2, -0.15) is 10.3 Å². The number of amides is 2. The maximum absolute atomic E-state index is 13.9. The van der Waals surface area contributed by atoms with Crippen molar-refractivity contribution in [1.82, 2.24) is 9.88 Å². The largest absolute Gasteiger partial charge is 0.353 e. The van der Waals surface area contributed by atoms with Crippen LogP contribution in [0.5, 0.6) is 0 Å². The van der Waals surface area contributed by atoms with Crippen molar-refractivity contribution in [2.75, 3.05) is 24.5 Å². The van der Waals surface area contributed by atoms with Gasteiger partial charge < -0.3 is 9.80 Å². The summed E-state index contributed by atoms with van der Waals surface area (Å²) in [7, 11) is 0. The Balaban J connectivity index is 1.34. The number of halogens is 2. The number of aromatic nitrogens is 1. The summed E-state index contributed by atoms with van der Waals surface area (Å²) >= 11 is 0. The van der Waals surface area contributed by atoms with E-state index in [1.54, 1.807) is 17.0 Å². The summed E-state index contributed by atoms with van der Waals surface area (Å²) in [5.74, 6) is -3.73. The van der Waals surface area contributed by atoms with E-state index < -0.39 is 23.5 Å². The maximum Gasteiger partial charge on any atom is 0.263 e. The van der Waals surface area contributed by atoms with Gasteiger partial charge in [0.15, 0.2) is 11.7 Å². The molecular formula is C22H20F2N6O2. The van der Waals surface area contributed by atoms with Gasteiger partial charge in [-0.3, -0.25) is 9.59 Å². The van der Waals surface area contributed by atoms with E-state index in [9.17, 15) is 18.4 Å². The predicted molar refractivity (Wildman–Crippen MR) is 113 cm³/mol. The number of fused-ring (bicyclic) bond motifs is 1. The van der Waals surface area contributed by atoms with Gasteiger partial charge in [0.05, 0.1) is 11.3 Å². The second-order valence-electron chi connectivity index (χ2n) is 7.76. The van der Waals surface area contributed by atoms with E-state index in [0.29, 0.717) is 25.2 Å². The number of rotatable bonds is 4. The fraction of sp³-hybridized carbons (Fsp3) is 0.364. The molecule has 1 aromatic heterocycles. The van der Waals surface area contributed by atoms with Crippen molar-refractivity contribution in [3.05, 3.63) is 47.7 Å². The van der Waals surface area contributed by atoms with Crippen LogP contribution in [0.4, 0.5) is 14.6 Å². The summed E-state index contributed by atoms with van der Waals surface area (Å²) in [4.78, 5) is 40.9. The van der Waals surface area contributed by atoms with E-state index in [1.807, 2.05) is 13.0 Å². The number of carbonyl (C=O) groups excluding carboxylic acids is 2. The summed E-state index contributed by atoms with van der Waals surface area (Å²) < 4.78 is 27.3. The second-order valence-corrected chi connectivity index (χ2v) is 7.76. The van der Waals surface area contributed by atoms with Crippen LogP contribution in [0.1, 0.15) is 25.3 Å². The Morgan fingerprint density at radius 1 is 1.25 bits per heavy atom. The van der Waals surface area contributed by atoms with Gasteiger partial charge >= 0.3 is 0 Å². The van der Waals surface area contributed by atoms with Crippen molar-refractivity contribution in [1.29, 1.82) is 5.26 Å². The van der Waals surface area contributed by atoms with Crippen LogP contribution < -0.4 is 4.90 Å². The van der Waals surface area contributed by atoms with Crippen LogP contribution in [-0.4, -0.2) is 58.9 Å². The van der Waals surface area contributed by atoms with Gasteiger partial charge in [0.25, 0.3) is 5.91 Å². The van der Waals surface area contributed by atoms with E-state index in [-0.39, 0.29) is 36.3 Å². The molecule has 3 heterocycles. The number of amidine groups is 1. The lowest BCUT2D eigenvalue weighted by atomic mass is 9.94. The molecule has 4 rings (SSSR count). The number of piperazine rings is 1. The average molecular weight is 438 g/mol. The molecule has 2 amide bonds. The zero-order valence-corrected chi connectivity index (χ0v) is 17.3. The van der Waals surface area contributed by atoms with Crippen molar-refractivity contribution < 1.29 is 18.4 Å². The summed E-state index contributed by atoms with van der Waals surface area (Å²) in [6, 6.07) is 5.47. The highest BCUT2D eigenvalue weighted by Gasteiger charge is 2.36. The summed E-state index contributed by atoms with van der Waals surface area (Å²) in [6.07, 6.45) is 3.94. The molecule has 0 N–H and O–H groups in total. The first-order valence-electron chi connectivity index (χ1n) is 10.2. The van der Waals surface area contributed by atoms with Crippen LogP contribution in [0.25, 0.3) is 0 Å². The minimum Gasteiger partial charge on any atom is -0.353 e. The molecule has 0 radical (unpaired) electrons. The van der Waals surface area contributed by atoms with Crippen molar-refractivity contribution >= 4 is 29.2 Å². The Morgan fingerprint density at radius 2 is 2.06 bits per heavy atom. The van der Waals surface area contributed by atoms with Crippen LogP contribution in [0.2, 0.25) is 0 Å². The first-order chi connectivity index (χ1) is 15.4. The van der Waals surface area contributed by atoms with Crippen molar-refractivity contribution in [2.45, 2.75) is 25.8 Å². The third kappa shape index (κ3) is 4.19. The first kappa shape index (κ1) is 21.5. The highest BCUT2D eigenvalue weighted by molar-refractivity contribution is 6.22. The van der Waals surface area contributed by atoms with Crippen molar-refractivity contribution in [3.63, 3.8) is 0 Å². The molecule has 1 aliphatic carbocycles. The molecule has 1 unspecified atom stereocenters. The zero-order valence-electron chi connectivity index (χ0n) is 17.3. The number of hydrogen-bond donors (Lipinski definition) is 0. The van der Waals surface area contributed by atoms with E-state index in [0.717, 1.165) is 11.9 Å². The molecule has 1 saturated heterocycles. The van der Waals surface area contributed by atoms with Crippen molar-refractivity contribution in [3.8, 4) is 6.07 Å². The van der Waals surface area contributed by atoms with Gasteiger partial charge in [0.1, 0.15) is 23.6 Å². The molecule has 0 spiro atoms. The zero-order chi connectivity index (χ0) is 22.8. The Hall–Kier alpha value is -3.74. The lowest BCUT2D eigenvalue weighted by molar-refractivity contribution is -0.133. The molecule has 8 nitrogen and oxygen atoms in total. The molecular weight excluding hydrogens is 418 g/mol. The van der Waals surface area contributed by atoms with Crippen LogP contribution in [-0.2, 0) is 9.59 Å². The highest BCUT2D eigenvalue weighted by atomic mass is 19.2. The standard InChI is InChI=1S/C22H20F2N6O2/c1-13-12-29(18-6-2-14(10-25)11-26-18)8-9-30(13)19(31)7-5-17-27-16-4-3-15(23)21(24)20(16)22(32)28-17/h2-4,6,11,13,20H,5,7-9,12H2,1H3/t13-,20?/m0/s1. The first-order valence-corrected chi connectivity index (χ1v) is 10.2. The predicted octanol–water partition coefficient (Wildman–Crippen LogP) is 2.49.